The van der Waals surface area contributed by atoms with E-state index in [1.54, 1.807) is 0 Å². The Morgan fingerprint density at radius 3 is 1.67 bits per heavy atom. The first-order valence-electron chi connectivity index (χ1n) is 15.9. The first-order valence-corrected chi connectivity index (χ1v) is 15.9. The molecule has 2 heterocycles. The third-order valence-electron chi connectivity index (χ3n) is 9.39. The van der Waals surface area contributed by atoms with Crippen molar-refractivity contribution in [2.45, 2.75) is 0 Å². The van der Waals surface area contributed by atoms with Crippen LogP contribution in [0.2, 0.25) is 0 Å². The summed E-state index contributed by atoms with van der Waals surface area (Å²) in [7, 11) is 0. The SMILES string of the molecule is N#Cc1ccc2c(c1)c1ccccc1n2-c1c(-c2cccc(-n3c4ccccc4c4ccccc43)c2)cccc1-c1ccccc1C#N. The lowest BCUT2D eigenvalue weighted by atomic mass is 9.93. The standard InChI is InChI=1S/C44H26N4/c45-27-29-23-24-43-39(25-29)37-17-5-8-22-42(37)48(43)44-34(18-10-19-38(44)33-14-2-1-11-31(33)28-46)30-12-9-13-32(26-30)47-40-20-6-3-15-35(40)36-16-4-7-21-41(36)47/h1-26H. The average molecular weight is 611 g/mol. The van der Waals surface area contributed by atoms with E-state index in [0.717, 1.165) is 66.5 Å². The molecule has 0 atom stereocenters. The summed E-state index contributed by atoms with van der Waals surface area (Å²) in [5.41, 5.74) is 11.5. The third-order valence-corrected chi connectivity index (χ3v) is 9.39. The summed E-state index contributed by atoms with van der Waals surface area (Å²) < 4.78 is 4.64. The Balaban J connectivity index is 1.39. The molecule has 0 saturated carbocycles. The van der Waals surface area contributed by atoms with Crippen LogP contribution in [0.5, 0.6) is 0 Å². The molecule has 0 radical (unpaired) electrons. The maximum Gasteiger partial charge on any atom is 0.0998 e. The van der Waals surface area contributed by atoms with E-state index in [1.807, 2.05) is 48.5 Å². The smallest absolute Gasteiger partial charge is 0.0998 e. The molecule has 0 aliphatic rings. The van der Waals surface area contributed by atoms with Gasteiger partial charge in [0.2, 0.25) is 0 Å². The number of aromatic nitrogens is 2. The minimum absolute atomic E-state index is 0.613. The van der Waals surface area contributed by atoms with E-state index in [0.29, 0.717) is 11.1 Å². The van der Waals surface area contributed by atoms with Gasteiger partial charge in [-0.3, -0.25) is 0 Å². The summed E-state index contributed by atoms with van der Waals surface area (Å²) >= 11 is 0. The molecule has 2 aromatic heterocycles. The van der Waals surface area contributed by atoms with Crippen molar-refractivity contribution in [2.75, 3.05) is 0 Å². The van der Waals surface area contributed by atoms with Gasteiger partial charge < -0.3 is 9.13 Å². The summed E-state index contributed by atoms with van der Waals surface area (Å²) in [5.74, 6) is 0. The van der Waals surface area contributed by atoms with E-state index in [4.69, 9.17) is 0 Å². The minimum Gasteiger partial charge on any atom is -0.309 e. The van der Waals surface area contributed by atoms with Crippen molar-refractivity contribution in [2.24, 2.45) is 0 Å². The topological polar surface area (TPSA) is 57.4 Å². The monoisotopic (exact) mass is 610 g/mol. The highest BCUT2D eigenvalue weighted by Gasteiger charge is 2.22. The number of rotatable bonds is 4. The van der Waals surface area contributed by atoms with E-state index in [9.17, 15) is 10.5 Å². The van der Waals surface area contributed by atoms with Gasteiger partial charge in [-0.15, -0.1) is 0 Å². The summed E-state index contributed by atoms with van der Waals surface area (Å²) in [6.07, 6.45) is 0. The largest absolute Gasteiger partial charge is 0.309 e. The Bertz CT molecular complexity index is 2760. The predicted molar refractivity (Wildman–Crippen MR) is 195 cm³/mol. The van der Waals surface area contributed by atoms with E-state index in [1.165, 1.54) is 10.8 Å². The van der Waals surface area contributed by atoms with Crippen LogP contribution in [0.4, 0.5) is 0 Å². The molecular weight excluding hydrogens is 585 g/mol. The van der Waals surface area contributed by atoms with Crippen LogP contribution < -0.4 is 0 Å². The van der Waals surface area contributed by atoms with Gasteiger partial charge in [0.05, 0.1) is 51.0 Å². The van der Waals surface area contributed by atoms with Crippen molar-refractivity contribution in [3.63, 3.8) is 0 Å². The Morgan fingerprint density at radius 1 is 0.396 bits per heavy atom. The molecule has 0 N–H and O–H groups in total. The van der Waals surface area contributed by atoms with Crippen LogP contribution in [-0.2, 0) is 0 Å². The number of hydrogen-bond donors (Lipinski definition) is 0. The highest BCUT2D eigenvalue weighted by Crippen LogP contribution is 2.43. The molecule has 0 unspecified atom stereocenters. The number of fused-ring (bicyclic) bond motifs is 6. The molecule has 0 saturated heterocycles. The van der Waals surface area contributed by atoms with Crippen molar-refractivity contribution in [3.05, 3.63) is 169 Å². The molecule has 0 amide bonds. The normalized spacial score (nSPS) is 11.3. The molecule has 9 rings (SSSR count). The van der Waals surface area contributed by atoms with Crippen LogP contribution in [-0.4, -0.2) is 9.13 Å². The Morgan fingerprint density at radius 2 is 0.958 bits per heavy atom. The number of benzene rings is 7. The molecular formula is C44H26N4. The first-order chi connectivity index (χ1) is 23.7. The minimum atomic E-state index is 0.613. The number of para-hydroxylation sites is 4. The second-order valence-electron chi connectivity index (χ2n) is 12.0. The van der Waals surface area contributed by atoms with Gasteiger partial charge in [0, 0.05) is 43.9 Å². The lowest BCUT2D eigenvalue weighted by Crippen LogP contribution is -2.02. The zero-order chi connectivity index (χ0) is 32.2. The zero-order valence-corrected chi connectivity index (χ0v) is 25.8. The average Bonchev–Trinajstić information content (AvgIpc) is 3.67. The van der Waals surface area contributed by atoms with E-state index >= 15 is 0 Å². The van der Waals surface area contributed by atoms with Gasteiger partial charge in [-0.2, -0.15) is 10.5 Å². The van der Waals surface area contributed by atoms with Gasteiger partial charge in [-0.05, 0) is 60.2 Å². The second-order valence-corrected chi connectivity index (χ2v) is 12.0. The Hall–Kier alpha value is -6.88. The van der Waals surface area contributed by atoms with Crippen LogP contribution in [0.15, 0.2) is 158 Å². The molecule has 4 nitrogen and oxygen atoms in total. The fraction of sp³-hybridized carbons (Fsp3) is 0. The molecule has 0 aliphatic heterocycles. The lowest BCUT2D eigenvalue weighted by Gasteiger charge is -2.20. The van der Waals surface area contributed by atoms with Crippen LogP contribution in [0.1, 0.15) is 11.1 Å². The van der Waals surface area contributed by atoms with Gasteiger partial charge in [0.15, 0.2) is 0 Å². The molecule has 9 aromatic rings. The summed E-state index contributed by atoms with van der Waals surface area (Å²) in [5, 5.41) is 24.5. The van der Waals surface area contributed by atoms with Crippen molar-refractivity contribution >= 4 is 43.6 Å². The molecule has 4 heteroatoms. The molecule has 0 fully saturated rings. The van der Waals surface area contributed by atoms with Gasteiger partial charge >= 0.3 is 0 Å². The number of nitriles is 2. The van der Waals surface area contributed by atoms with Crippen LogP contribution in [0.25, 0.3) is 77.2 Å². The number of nitrogens with zero attached hydrogens (tertiary/aromatic N) is 4. The van der Waals surface area contributed by atoms with Gasteiger partial charge in [-0.25, -0.2) is 0 Å². The zero-order valence-electron chi connectivity index (χ0n) is 25.8. The van der Waals surface area contributed by atoms with E-state index < -0.39 is 0 Å². The Labute approximate surface area is 277 Å². The van der Waals surface area contributed by atoms with Crippen molar-refractivity contribution in [3.8, 4) is 45.8 Å². The summed E-state index contributed by atoms with van der Waals surface area (Å²) in [6, 6.07) is 59.0. The van der Waals surface area contributed by atoms with Gasteiger partial charge in [0.25, 0.3) is 0 Å². The predicted octanol–water partition coefficient (Wildman–Crippen LogP) is 11.0. The van der Waals surface area contributed by atoms with E-state index in [-0.39, 0.29) is 0 Å². The van der Waals surface area contributed by atoms with Gasteiger partial charge in [-0.1, -0.05) is 103 Å². The maximum atomic E-state index is 10.2. The first kappa shape index (κ1) is 27.4. The number of hydrogen-bond acceptors (Lipinski definition) is 2. The quantitative estimate of drug-likeness (QED) is 0.199. The van der Waals surface area contributed by atoms with Crippen molar-refractivity contribution in [1.29, 1.82) is 10.5 Å². The van der Waals surface area contributed by atoms with E-state index in [2.05, 4.69) is 130 Å². The fourth-order valence-corrected chi connectivity index (χ4v) is 7.35. The molecule has 0 spiro atoms. The maximum absolute atomic E-state index is 10.2. The fourth-order valence-electron chi connectivity index (χ4n) is 7.35. The van der Waals surface area contributed by atoms with Crippen LogP contribution in [0, 0.1) is 22.7 Å². The molecule has 222 valence electrons. The van der Waals surface area contributed by atoms with Gasteiger partial charge in [0.1, 0.15) is 0 Å². The second kappa shape index (κ2) is 10.9. The summed E-state index contributed by atoms with van der Waals surface area (Å²) in [6.45, 7) is 0. The molecule has 48 heavy (non-hydrogen) atoms. The highest BCUT2D eigenvalue weighted by atomic mass is 15.0. The lowest BCUT2D eigenvalue weighted by molar-refractivity contribution is 1.17. The van der Waals surface area contributed by atoms with Crippen molar-refractivity contribution < 1.29 is 0 Å². The van der Waals surface area contributed by atoms with Crippen LogP contribution >= 0.6 is 0 Å². The molecule has 0 aliphatic carbocycles. The molecule has 0 bridgehead atoms. The Kier molecular flexibility index (Phi) is 6.22. The highest BCUT2D eigenvalue weighted by molar-refractivity contribution is 6.11. The third kappa shape index (κ3) is 4.07. The summed E-state index contributed by atoms with van der Waals surface area (Å²) in [4.78, 5) is 0. The molecule has 7 aromatic carbocycles. The van der Waals surface area contributed by atoms with Crippen LogP contribution in [0.3, 0.4) is 0 Å². The van der Waals surface area contributed by atoms with Crippen molar-refractivity contribution in [1.82, 2.24) is 9.13 Å².